The number of nitrogens with zero attached hydrogens (tertiary/aromatic N) is 1. The largest absolute Gasteiger partial charge is 0.315 e. The van der Waals surface area contributed by atoms with Crippen molar-refractivity contribution in [3.63, 3.8) is 0 Å². The monoisotopic (exact) mass is 319 g/mol. The molecule has 10 heteroatoms. The lowest BCUT2D eigenvalue weighted by Gasteiger charge is -2.02. The molecule has 19 heavy (non-hydrogen) atoms. The van der Waals surface area contributed by atoms with Crippen LogP contribution in [0, 0.1) is 6.92 Å². The highest BCUT2D eigenvalue weighted by atomic mass is 32.2. The summed E-state index contributed by atoms with van der Waals surface area (Å²) in [5.74, 6) is -0.246. The summed E-state index contributed by atoms with van der Waals surface area (Å²) in [6.07, 6.45) is 0. The van der Waals surface area contributed by atoms with Gasteiger partial charge in [-0.2, -0.15) is 0 Å². The van der Waals surface area contributed by atoms with Gasteiger partial charge in [-0.1, -0.05) is 11.3 Å². The van der Waals surface area contributed by atoms with Gasteiger partial charge >= 0.3 is 4.87 Å². The molecule has 0 aliphatic heterocycles. The van der Waals surface area contributed by atoms with E-state index in [4.69, 9.17) is 0 Å². The lowest BCUT2D eigenvalue weighted by atomic mass is 10.4. The van der Waals surface area contributed by atoms with Gasteiger partial charge in [0.15, 0.2) is 15.1 Å². The number of rotatable bonds is 4. The van der Waals surface area contributed by atoms with Crippen molar-refractivity contribution in [2.24, 2.45) is 0 Å². The zero-order chi connectivity index (χ0) is 14.2. The van der Waals surface area contributed by atoms with E-state index < -0.39 is 14.9 Å². The Balaban J connectivity index is 2.33. The maximum Gasteiger partial charge on any atom is 0.306 e. The molecule has 2 rings (SSSR count). The van der Waals surface area contributed by atoms with Gasteiger partial charge < -0.3 is 4.98 Å². The van der Waals surface area contributed by atoms with Crippen LogP contribution in [0.3, 0.4) is 0 Å². The second kappa shape index (κ2) is 4.87. The summed E-state index contributed by atoms with van der Waals surface area (Å²) >= 11 is 1.61. The fourth-order valence-corrected chi connectivity index (χ4v) is 4.59. The summed E-state index contributed by atoms with van der Waals surface area (Å²) in [4.78, 5) is 28.0. The van der Waals surface area contributed by atoms with Crippen LogP contribution in [-0.4, -0.2) is 24.2 Å². The van der Waals surface area contributed by atoms with E-state index >= 15 is 0 Å². The SMILES string of the molecule is CC(=O)c1csc(NS(=O)(=O)c2sc(=O)[nH]c2C)n1. The van der Waals surface area contributed by atoms with E-state index in [-0.39, 0.29) is 26.5 Å². The zero-order valence-corrected chi connectivity index (χ0v) is 12.3. The van der Waals surface area contributed by atoms with Crippen LogP contribution in [0.2, 0.25) is 0 Å². The first-order valence-electron chi connectivity index (χ1n) is 4.98. The Morgan fingerprint density at radius 2 is 2.16 bits per heavy atom. The molecule has 0 unspecified atom stereocenters. The highest BCUT2D eigenvalue weighted by Gasteiger charge is 2.22. The summed E-state index contributed by atoms with van der Waals surface area (Å²) in [7, 11) is -3.86. The van der Waals surface area contributed by atoms with Crippen molar-refractivity contribution in [3.05, 3.63) is 26.4 Å². The third-order valence-corrected chi connectivity index (χ3v) is 5.94. The van der Waals surface area contributed by atoms with E-state index in [1.54, 1.807) is 0 Å². The van der Waals surface area contributed by atoms with Crippen LogP contribution in [-0.2, 0) is 10.0 Å². The maximum absolute atomic E-state index is 12.0. The average molecular weight is 319 g/mol. The molecule has 2 aromatic heterocycles. The van der Waals surface area contributed by atoms with Crippen LogP contribution in [0.5, 0.6) is 0 Å². The topological polar surface area (TPSA) is 109 Å². The molecule has 0 aromatic carbocycles. The average Bonchev–Trinajstić information content (AvgIpc) is 2.85. The Kier molecular flexibility index (Phi) is 3.56. The molecule has 0 amide bonds. The normalized spacial score (nSPS) is 11.5. The van der Waals surface area contributed by atoms with E-state index in [9.17, 15) is 18.0 Å². The zero-order valence-electron chi connectivity index (χ0n) is 9.88. The third kappa shape index (κ3) is 2.91. The number of anilines is 1. The number of aryl methyl sites for hydroxylation is 1. The molecular weight excluding hydrogens is 310 g/mol. The summed E-state index contributed by atoms with van der Waals surface area (Å²) in [6, 6.07) is 0. The fraction of sp³-hybridized carbons (Fsp3) is 0.222. The quantitative estimate of drug-likeness (QED) is 0.823. The van der Waals surface area contributed by atoms with Crippen LogP contribution in [0.15, 0.2) is 14.4 Å². The van der Waals surface area contributed by atoms with Gasteiger partial charge in [0.05, 0.1) is 0 Å². The van der Waals surface area contributed by atoms with Crippen LogP contribution >= 0.6 is 22.7 Å². The Morgan fingerprint density at radius 3 is 2.63 bits per heavy atom. The first kappa shape index (κ1) is 13.9. The smallest absolute Gasteiger partial charge is 0.306 e. The molecule has 0 radical (unpaired) electrons. The number of carbonyl (C=O) groups is 1. The number of aromatic nitrogens is 2. The minimum atomic E-state index is -3.86. The lowest BCUT2D eigenvalue weighted by Crippen LogP contribution is -2.12. The van der Waals surface area contributed by atoms with Crippen LogP contribution in [0.1, 0.15) is 23.1 Å². The Labute approximate surface area is 116 Å². The molecule has 0 aliphatic carbocycles. The lowest BCUT2D eigenvalue weighted by molar-refractivity contribution is 0.101. The molecule has 2 heterocycles. The molecule has 2 N–H and O–H groups in total. The number of aromatic amines is 1. The van der Waals surface area contributed by atoms with E-state index in [1.165, 1.54) is 19.2 Å². The number of nitrogens with one attached hydrogen (secondary N) is 2. The Hall–Kier alpha value is -1.52. The van der Waals surface area contributed by atoms with Crippen molar-refractivity contribution in [1.82, 2.24) is 9.97 Å². The first-order valence-corrected chi connectivity index (χ1v) is 8.16. The highest BCUT2D eigenvalue weighted by molar-refractivity contribution is 7.94. The fourth-order valence-electron chi connectivity index (χ4n) is 1.29. The van der Waals surface area contributed by atoms with Crippen LogP contribution in [0.25, 0.3) is 0 Å². The van der Waals surface area contributed by atoms with Gasteiger partial charge in [-0.05, 0) is 6.92 Å². The van der Waals surface area contributed by atoms with Crippen molar-refractivity contribution < 1.29 is 13.2 Å². The van der Waals surface area contributed by atoms with E-state index in [0.717, 1.165) is 11.3 Å². The highest BCUT2D eigenvalue weighted by Crippen LogP contribution is 2.22. The number of Topliss-reactive ketones (excluding diaryl/α,β-unsaturated/α-hetero) is 1. The molecule has 0 fully saturated rings. The third-order valence-electron chi connectivity index (χ3n) is 2.11. The van der Waals surface area contributed by atoms with Crippen molar-refractivity contribution in [1.29, 1.82) is 0 Å². The molecule has 7 nitrogen and oxygen atoms in total. The predicted octanol–water partition coefficient (Wildman–Crippen LogP) is 1.20. The Morgan fingerprint density at radius 1 is 1.47 bits per heavy atom. The molecule has 0 saturated heterocycles. The minimum Gasteiger partial charge on any atom is -0.315 e. The number of hydrogen-bond donors (Lipinski definition) is 2. The van der Waals surface area contributed by atoms with Gasteiger partial charge in [0.25, 0.3) is 10.0 Å². The summed E-state index contributed by atoms with van der Waals surface area (Å²) in [5, 5.41) is 1.55. The number of thiazole rings is 2. The molecule has 0 bridgehead atoms. The van der Waals surface area contributed by atoms with Gasteiger partial charge in [-0.25, -0.2) is 13.4 Å². The molecule has 2 aromatic rings. The second-order valence-corrected chi connectivity index (χ2v) is 7.35. The number of ketones is 1. The summed E-state index contributed by atoms with van der Waals surface area (Å²) in [5.41, 5.74) is 0.465. The van der Waals surface area contributed by atoms with E-state index in [1.807, 2.05) is 0 Å². The van der Waals surface area contributed by atoms with E-state index in [0.29, 0.717) is 11.3 Å². The number of H-pyrrole nitrogens is 1. The molecular formula is C9H9N3O4S3. The molecule has 0 spiro atoms. The molecule has 0 atom stereocenters. The second-order valence-electron chi connectivity index (χ2n) is 3.63. The van der Waals surface area contributed by atoms with Crippen molar-refractivity contribution in [3.8, 4) is 0 Å². The van der Waals surface area contributed by atoms with Gasteiger partial charge in [-0.3, -0.25) is 14.3 Å². The molecule has 0 aliphatic rings. The standard InChI is InChI=1S/C9H9N3O4S3/c1-4-7(18-9(14)10-4)19(15,16)12-8-11-6(3-17-8)5(2)13/h3H,1-2H3,(H,10,14)(H,11,12). The number of carbonyl (C=O) groups excluding carboxylic acids is 1. The van der Waals surface area contributed by atoms with Crippen molar-refractivity contribution >= 4 is 43.6 Å². The van der Waals surface area contributed by atoms with Crippen LogP contribution < -0.4 is 9.60 Å². The number of hydrogen-bond acceptors (Lipinski definition) is 7. The van der Waals surface area contributed by atoms with Gasteiger partial charge in [-0.15, -0.1) is 11.3 Å². The van der Waals surface area contributed by atoms with Gasteiger partial charge in [0, 0.05) is 18.0 Å². The summed E-state index contributed by atoms with van der Waals surface area (Å²) < 4.78 is 26.2. The first-order chi connectivity index (χ1) is 8.79. The maximum atomic E-state index is 12.0. The van der Waals surface area contributed by atoms with Crippen LogP contribution in [0.4, 0.5) is 5.13 Å². The van der Waals surface area contributed by atoms with Crippen molar-refractivity contribution in [2.75, 3.05) is 4.72 Å². The summed E-state index contributed by atoms with van der Waals surface area (Å²) in [6.45, 7) is 2.84. The van der Waals surface area contributed by atoms with Gasteiger partial charge in [0.2, 0.25) is 0 Å². The van der Waals surface area contributed by atoms with Gasteiger partial charge in [0.1, 0.15) is 5.69 Å². The minimum absolute atomic E-state index is 0.0860. The Bertz CT molecular complexity index is 784. The molecule has 0 saturated carbocycles. The van der Waals surface area contributed by atoms with E-state index in [2.05, 4.69) is 14.7 Å². The van der Waals surface area contributed by atoms with Crippen molar-refractivity contribution in [2.45, 2.75) is 18.1 Å². The molecule has 102 valence electrons. The predicted molar refractivity (Wildman–Crippen MR) is 72.6 cm³/mol. The number of sulfonamides is 1.